The standard InChI is InChI=1S/C25H21N5O3/c1-15-10-21(28-30(15)13-17-4-2-16(12-26)3-5-17)18-6-7-20-19(11-18)14-29(25(20)33)22-8-9-23(31)27-24(22)32/h2-7,10-11,22H,8-9,13-14H2,1H3,(H,27,31,32). The summed E-state index contributed by atoms with van der Waals surface area (Å²) in [5.74, 6) is -0.895. The summed E-state index contributed by atoms with van der Waals surface area (Å²) < 4.78 is 1.91. The van der Waals surface area contributed by atoms with Crippen molar-refractivity contribution in [2.75, 3.05) is 0 Å². The van der Waals surface area contributed by atoms with E-state index < -0.39 is 11.9 Å². The first-order chi connectivity index (χ1) is 15.9. The summed E-state index contributed by atoms with van der Waals surface area (Å²) in [7, 11) is 0. The molecule has 0 saturated carbocycles. The van der Waals surface area contributed by atoms with Gasteiger partial charge in [-0.05, 0) is 54.8 Å². The number of nitrogens with zero attached hydrogens (tertiary/aromatic N) is 4. The van der Waals surface area contributed by atoms with Crippen molar-refractivity contribution in [3.8, 4) is 17.3 Å². The van der Waals surface area contributed by atoms with Gasteiger partial charge in [0.15, 0.2) is 0 Å². The minimum atomic E-state index is -0.625. The van der Waals surface area contributed by atoms with Crippen molar-refractivity contribution in [1.82, 2.24) is 20.0 Å². The molecule has 2 aromatic carbocycles. The van der Waals surface area contributed by atoms with Gasteiger partial charge in [0.2, 0.25) is 11.8 Å². The molecule has 1 N–H and O–H groups in total. The van der Waals surface area contributed by atoms with Crippen molar-refractivity contribution < 1.29 is 14.4 Å². The molecule has 2 aliphatic rings. The Hall–Kier alpha value is -4.25. The SMILES string of the molecule is Cc1cc(-c2ccc3c(c2)CN(C2CCC(=O)NC2=O)C3=O)nn1Cc1ccc(C#N)cc1. The number of carbonyl (C=O) groups excluding carboxylic acids is 3. The van der Waals surface area contributed by atoms with Crippen LogP contribution in [0.5, 0.6) is 0 Å². The van der Waals surface area contributed by atoms with Gasteiger partial charge in [0.25, 0.3) is 5.91 Å². The van der Waals surface area contributed by atoms with Crippen LogP contribution in [-0.2, 0) is 22.7 Å². The van der Waals surface area contributed by atoms with Crippen molar-refractivity contribution in [1.29, 1.82) is 5.26 Å². The van der Waals surface area contributed by atoms with E-state index in [1.165, 1.54) is 0 Å². The Kier molecular flexibility index (Phi) is 5.02. The third-order valence-electron chi connectivity index (χ3n) is 6.22. The van der Waals surface area contributed by atoms with Crippen LogP contribution in [0, 0.1) is 18.3 Å². The van der Waals surface area contributed by atoms with Gasteiger partial charge in [0.1, 0.15) is 6.04 Å². The van der Waals surface area contributed by atoms with Crippen molar-refractivity contribution in [2.24, 2.45) is 0 Å². The van der Waals surface area contributed by atoms with Crippen LogP contribution in [0.2, 0.25) is 0 Å². The minimum Gasteiger partial charge on any atom is -0.322 e. The molecule has 1 saturated heterocycles. The van der Waals surface area contributed by atoms with Crippen molar-refractivity contribution in [3.63, 3.8) is 0 Å². The number of nitriles is 1. The molecule has 8 heteroatoms. The number of hydrogen-bond acceptors (Lipinski definition) is 5. The zero-order valence-corrected chi connectivity index (χ0v) is 18.0. The van der Waals surface area contributed by atoms with Crippen LogP contribution < -0.4 is 5.32 Å². The zero-order valence-electron chi connectivity index (χ0n) is 18.0. The summed E-state index contributed by atoms with van der Waals surface area (Å²) in [6.07, 6.45) is 0.577. The highest BCUT2D eigenvalue weighted by Gasteiger charge is 2.39. The molecule has 3 amide bonds. The Morgan fingerprint density at radius 3 is 2.64 bits per heavy atom. The van der Waals surface area contributed by atoms with E-state index in [1.54, 1.807) is 23.1 Å². The number of aromatic nitrogens is 2. The predicted molar refractivity (Wildman–Crippen MR) is 119 cm³/mol. The lowest BCUT2D eigenvalue weighted by Gasteiger charge is -2.29. The molecule has 3 aromatic rings. The van der Waals surface area contributed by atoms with Gasteiger partial charge in [-0.1, -0.05) is 18.2 Å². The second-order valence-electron chi connectivity index (χ2n) is 8.41. The maximum atomic E-state index is 12.9. The lowest BCUT2D eigenvalue weighted by molar-refractivity contribution is -0.136. The molecule has 0 bridgehead atoms. The summed E-state index contributed by atoms with van der Waals surface area (Å²) in [6.45, 7) is 2.91. The second-order valence-corrected chi connectivity index (χ2v) is 8.41. The largest absolute Gasteiger partial charge is 0.322 e. The number of nitrogens with one attached hydrogen (secondary N) is 1. The molecule has 5 rings (SSSR count). The number of fused-ring (bicyclic) bond motifs is 1. The molecule has 0 spiro atoms. The fraction of sp³-hybridized carbons (Fsp3) is 0.240. The van der Waals surface area contributed by atoms with Gasteiger partial charge in [-0.25, -0.2) is 0 Å². The van der Waals surface area contributed by atoms with Crippen molar-refractivity contribution in [2.45, 2.75) is 38.9 Å². The molecular formula is C25H21N5O3. The smallest absolute Gasteiger partial charge is 0.255 e. The number of benzene rings is 2. The van der Waals surface area contributed by atoms with Crippen LogP contribution >= 0.6 is 0 Å². The maximum absolute atomic E-state index is 12.9. The van der Waals surface area contributed by atoms with Crippen LogP contribution in [-0.4, -0.2) is 38.4 Å². The normalized spacial score (nSPS) is 17.6. The number of aryl methyl sites for hydroxylation is 1. The van der Waals surface area contributed by atoms with E-state index in [-0.39, 0.29) is 18.2 Å². The molecule has 3 heterocycles. The quantitative estimate of drug-likeness (QED) is 0.629. The van der Waals surface area contributed by atoms with E-state index in [4.69, 9.17) is 10.4 Å². The van der Waals surface area contributed by atoms with Crippen LogP contribution in [0.25, 0.3) is 11.3 Å². The van der Waals surface area contributed by atoms with Crippen molar-refractivity contribution >= 4 is 17.7 Å². The lowest BCUT2D eigenvalue weighted by Crippen LogP contribution is -2.52. The van der Waals surface area contributed by atoms with E-state index in [1.807, 2.05) is 41.9 Å². The molecular weight excluding hydrogens is 418 g/mol. The summed E-state index contributed by atoms with van der Waals surface area (Å²) >= 11 is 0. The lowest BCUT2D eigenvalue weighted by atomic mass is 10.0. The Morgan fingerprint density at radius 2 is 1.91 bits per heavy atom. The van der Waals surface area contributed by atoms with E-state index in [2.05, 4.69) is 11.4 Å². The van der Waals surface area contributed by atoms with Crippen molar-refractivity contribution in [3.05, 3.63) is 76.5 Å². The first kappa shape index (κ1) is 20.6. The van der Waals surface area contributed by atoms with E-state index >= 15 is 0 Å². The number of rotatable bonds is 4. The molecule has 1 unspecified atom stereocenters. The third-order valence-corrected chi connectivity index (χ3v) is 6.22. The number of hydrogen-bond donors (Lipinski definition) is 1. The van der Waals surface area contributed by atoms with Gasteiger partial charge in [-0.3, -0.25) is 24.4 Å². The first-order valence-corrected chi connectivity index (χ1v) is 10.7. The Morgan fingerprint density at radius 1 is 1.12 bits per heavy atom. The summed E-state index contributed by atoms with van der Waals surface area (Å²) in [5.41, 5.74) is 5.79. The number of piperidine rings is 1. The maximum Gasteiger partial charge on any atom is 0.255 e. The minimum absolute atomic E-state index is 0.187. The molecule has 1 atom stereocenters. The molecule has 0 radical (unpaired) electrons. The average molecular weight is 439 g/mol. The molecule has 33 heavy (non-hydrogen) atoms. The van der Waals surface area contributed by atoms with Gasteiger partial charge in [0.05, 0.1) is 23.9 Å². The monoisotopic (exact) mass is 439 g/mol. The van der Waals surface area contributed by atoms with Gasteiger partial charge in [0, 0.05) is 29.8 Å². The highest BCUT2D eigenvalue weighted by Crippen LogP contribution is 2.31. The fourth-order valence-electron chi connectivity index (χ4n) is 4.40. The van der Waals surface area contributed by atoms with Crippen LogP contribution in [0.1, 0.15) is 45.6 Å². The number of imide groups is 1. The van der Waals surface area contributed by atoms with Crippen LogP contribution in [0.15, 0.2) is 48.5 Å². The molecule has 1 fully saturated rings. The highest BCUT2D eigenvalue weighted by atomic mass is 16.2. The summed E-state index contributed by atoms with van der Waals surface area (Å²) in [4.78, 5) is 38.1. The number of amides is 3. The summed E-state index contributed by atoms with van der Waals surface area (Å²) in [5, 5.41) is 16.0. The molecule has 1 aromatic heterocycles. The van der Waals surface area contributed by atoms with Gasteiger partial charge < -0.3 is 4.90 Å². The van der Waals surface area contributed by atoms with E-state index in [0.29, 0.717) is 30.6 Å². The van der Waals surface area contributed by atoms with E-state index in [9.17, 15) is 14.4 Å². The van der Waals surface area contributed by atoms with Crippen LogP contribution in [0.4, 0.5) is 0 Å². The van der Waals surface area contributed by atoms with Gasteiger partial charge in [-0.15, -0.1) is 0 Å². The summed E-state index contributed by atoms with van der Waals surface area (Å²) in [6, 6.07) is 16.5. The highest BCUT2D eigenvalue weighted by molar-refractivity contribution is 6.05. The third kappa shape index (κ3) is 3.78. The predicted octanol–water partition coefficient (Wildman–Crippen LogP) is 2.54. The Balaban J connectivity index is 1.37. The van der Waals surface area contributed by atoms with E-state index in [0.717, 1.165) is 28.1 Å². The average Bonchev–Trinajstić information content (AvgIpc) is 3.33. The van der Waals surface area contributed by atoms with Crippen LogP contribution in [0.3, 0.4) is 0 Å². The first-order valence-electron chi connectivity index (χ1n) is 10.7. The molecule has 2 aliphatic heterocycles. The van der Waals surface area contributed by atoms with Gasteiger partial charge in [-0.2, -0.15) is 10.4 Å². The van der Waals surface area contributed by atoms with Gasteiger partial charge >= 0.3 is 0 Å². The molecule has 164 valence electrons. The second kappa shape index (κ2) is 8.02. The molecule has 0 aliphatic carbocycles. The Labute approximate surface area is 190 Å². The zero-order chi connectivity index (χ0) is 23.1. The number of carbonyl (C=O) groups is 3. The Bertz CT molecular complexity index is 1330. The molecule has 8 nitrogen and oxygen atoms in total. The topological polar surface area (TPSA) is 108 Å². The fourth-order valence-corrected chi connectivity index (χ4v) is 4.40.